The summed E-state index contributed by atoms with van der Waals surface area (Å²) < 4.78 is 54.3. The lowest BCUT2D eigenvalue weighted by molar-refractivity contribution is 0.0526. The van der Waals surface area contributed by atoms with E-state index in [1.54, 1.807) is 6.08 Å². The van der Waals surface area contributed by atoms with E-state index in [-0.39, 0.29) is 11.3 Å². The van der Waals surface area contributed by atoms with E-state index in [1.165, 1.54) is 12.1 Å². The van der Waals surface area contributed by atoms with E-state index in [4.69, 9.17) is 14.0 Å². The zero-order chi connectivity index (χ0) is 17.8. The first kappa shape index (κ1) is 18.4. The number of hydrogen-bond acceptors (Lipinski definition) is 5. The van der Waals surface area contributed by atoms with E-state index >= 15 is 0 Å². The molecule has 2 rings (SSSR count). The van der Waals surface area contributed by atoms with Gasteiger partial charge in [0.1, 0.15) is 18.0 Å². The first-order chi connectivity index (χ1) is 11.2. The normalized spacial score (nSPS) is 16.6. The summed E-state index contributed by atoms with van der Waals surface area (Å²) in [6, 6.07) is 3.52. The molecule has 1 aromatic rings. The highest BCUT2D eigenvalue weighted by atomic mass is 32.2. The highest BCUT2D eigenvalue weighted by Crippen LogP contribution is 2.36. The van der Waals surface area contributed by atoms with Crippen molar-refractivity contribution in [1.82, 2.24) is 0 Å². The monoisotopic (exact) mass is 358 g/mol. The second-order valence-electron chi connectivity index (χ2n) is 5.65. The number of esters is 1. The third-order valence-corrected chi connectivity index (χ3v) is 4.56. The molecule has 1 fully saturated rings. The van der Waals surface area contributed by atoms with Gasteiger partial charge >= 0.3 is 5.97 Å². The Morgan fingerprint density at radius 2 is 2.04 bits per heavy atom. The summed E-state index contributed by atoms with van der Waals surface area (Å²) in [6.45, 7) is 3.24. The SMILES string of the molecule is C=CC1(Oc2cc(C(=O)OCCS(=O)(=O)O)ccc2F)CCCC1. The van der Waals surface area contributed by atoms with Crippen LogP contribution in [-0.4, -0.2) is 36.9 Å². The van der Waals surface area contributed by atoms with Crippen molar-refractivity contribution in [2.24, 2.45) is 0 Å². The molecule has 0 unspecified atom stereocenters. The summed E-state index contributed by atoms with van der Waals surface area (Å²) in [7, 11) is -4.22. The largest absolute Gasteiger partial charge is 0.480 e. The minimum absolute atomic E-state index is 0.0268. The Hall–Kier alpha value is -1.93. The Morgan fingerprint density at radius 3 is 2.62 bits per heavy atom. The Bertz CT molecular complexity index is 722. The van der Waals surface area contributed by atoms with Crippen molar-refractivity contribution >= 4 is 16.1 Å². The topological polar surface area (TPSA) is 89.9 Å². The van der Waals surface area contributed by atoms with Gasteiger partial charge in [0.05, 0.1) is 5.56 Å². The average molecular weight is 358 g/mol. The summed E-state index contributed by atoms with van der Waals surface area (Å²) in [5.74, 6) is -2.23. The van der Waals surface area contributed by atoms with E-state index in [2.05, 4.69) is 6.58 Å². The first-order valence-electron chi connectivity index (χ1n) is 7.49. The van der Waals surface area contributed by atoms with Crippen LogP contribution < -0.4 is 4.74 Å². The lowest BCUT2D eigenvalue weighted by atomic mass is 10.0. The molecule has 24 heavy (non-hydrogen) atoms. The minimum atomic E-state index is -4.22. The van der Waals surface area contributed by atoms with Crippen LogP contribution in [0.4, 0.5) is 4.39 Å². The quantitative estimate of drug-likeness (QED) is 0.458. The molecule has 0 bridgehead atoms. The van der Waals surface area contributed by atoms with Gasteiger partial charge in [-0.1, -0.05) is 6.58 Å². The van der Waals surface area contributed by atoms with Crippen LogP contribution in [-0.2, 0) is 14.9 Å². The Labute approximate surface area is 140 Å². The molecule has 0 aromatic heterocycles. The lowest BCUT2D eigenvalue weighted by Crippen LogP contribution is -2.30. The number of halogens is 1. The molecule has 1 aliphatic carbocycles. The summed E-state index contributed by atoms with van der Waals surface area (Å²) in [5, 5.41) is 0. The number of carbonyl (C=O) groups excluding carboxylic acids is 1. The molecule has 0 atom stereocenters. The van der Waals surface area contributed by atoms with Crippen molar-refractivity contribution in [3.63, 3.8) is 0 Å². The van der Waals surface area contributed by atoms with Crippen LogP contribution in [0.2, 0.25) is 0 Å². The predicted molar refractivity (Wildman–Crippen MR) is 85.1 cm³/mol. The molecule has 1 aromatic carbocycles. The molecular weight excluding hydrogens is 339 g/mol. The molecule has 1 saturated carbocycles. The highest BCUT2D eigenvalue weighted by Gasteiger charge is 2.33. The zero-order valence-electron chi connectivity index (χ0n) is 13.0. The van der Waals surface area contributed by atoms with Gasteiger partial charge in [-0.15, -0.1) is 0 Å². The number of ether oxygens (including phenoxy) is 2. The molecule has 0 spiro atoms. The van der Waals surface area contributed by atoms with Crippen LogP contribution in [0.15, 0.2) is 30.9 Å². The van der Waals surface area contributed by atoms with E-state index in [9.17, 15) is 17.6 Å². The van der Waals surface area contributed by atoms with Crippen LogP contribution >= 0.6 is 0 Å². The Balaban J connectivity index is 2.10. The van der Waals surface area contributed by atoms with Crippen LogP contribution in [0.25, 0.3) is 0 Å². The summed E-state index contributed by atoms with van der Waals surface area (Å²) >= 11 is 0. The van der Waals surface area contributed by atoms with Gasteiger partial charge in [0.2, 0.25) is 0 Å². The summed E-state index contributed by atoms with van der Waals surface area (Å²) in [5.41, 5.74) is -0.618. The van der Waals surface area contributed by atoms with Crippen LogP contribution in [0.5, 0.6) is 5.75 Å². The Morgan fingerprint density at radius 1 is 1.38 bits per heavy atom. The molecular formula is C16H19FO6S. The van der Waals surface area contributed by atoms with Gasteiger partial charge in [-0.2, -0.15) is 8.42 Å². The Kier molecular flexibility index (Phi) is 5.61. The molecule has 1 aliphatic rings. The minimum Gasteiger partial charge on any atom is -0.480 e. The van der Waals surface area contributed by atoms with E-state index in [1.807, 2.05) is 0 Å². The van der Waals surface area contributed by atoms with Crippen molar-refractivity contribution < 1.29 is 31.6 Å². The first-order valence-corrected chi connectivity index (χ1v) is 9.10. The molecule has 0 amide bonds. The fourth-order valence-electron chi connectivity index (χ4n) is 2.57. The number of benzene rings is 1. The zero-order valence-corrected chi connectivity index (χ0v) is 13.9. The molecule has 132 valence electrons. The molecule has 1 N–H and O–H groups in total. The fourth-order valence-corrected chi connectivity index (χ4v) is 2.87. The molecule has 0 heterocycles. The van der Waals surface area contributed by atoms with Crippen molar-refractivity contribution in [3.8, 4) is 5.75 Å². The molecule has 0 saturated heterocycles. The summed E-state index contributed by atoms with van der Waals surface area (Å²) in [6.07, 6.45) is 4.99. The molecule has 0 radical (unpaired) electrons. The van der Waals surface area contributed by atoms with Crippen LogP contribution in [0.3, 0.4) is 0 Å². The van der Waals surface area contributed by atoms with Gasteiger partial charge in [-0.05, 0) is 50.0 Å². The van der Waals surface area contributed by atoms with Crippen molar-refractivity contribution in [2.45, 2.75) is 31.3 Å². The van der Waals surface area contributed by atoms with Crippen molar-refractivity contribution in [1.29, 1.82) is 0 Å². The fraction of sp³-hybridized carbons (Fsp3) is 0.438. The van der Waals surface area contributed by atoms with Gasteiger partial charge in [-0.3, -0.25) is 4.55 Å². The number of rotatable bonds is 7. The second-order valence-corrected chi connectivity index (χ2v) is 7.22. The highest BCUT2D eigenvalue weighted by molar-refractivity contribution is 7.85. The maximum absolute atomic E-state index is 14.0. The van der Waals surface area contributed by atoms with E-state index < -0.39 is 39.9 Å². The number of hydrogen-bond donors (Lipinski definition) is 1. The van der Waals surface area contributed by atoms with Gasteiger partial charge in [0, 0.05) is 0 Å². The van der Waals surface area contributed by atoms with Crippen LogP contribution in [0.1, 0.15) is 36.0 Å². The smallest absolute Gasteiger partial charge is 0.338 e. The maximum Gasteiger partial charge on any atom is 0.338 e. The van der Waals surface area contributed by atoms with Gasteiger partial charge in [0.25, 0.3) is 10.1 Å². The van der Waals surface area contributed by atoms with Crippen molar-refractivity contribution in [2.75, 3.05) is 12.4 Å². The average Bonchev–Trinajstić information content (AvgIpc) is 2.97. The van der Waals surface area contributed by atoms with E-state index in [0.717, 1.165) is 31.7 Å². The molecule has 6 nitrogen and oxygen atoms in total. The lowest BCUT2D eigenvalue weighted by Gasteiger charge is -2.27. The van der Waals surface area contributed by atoms with E-state index in [0.29, 0.717) is 0 Å². The number of carbonyl (C=O) groups is 1. The molecule has 8 heteroatoms. The van der Waals surface area contributed by atoms with Gasteiger partial charge in [-0.25, -0.2) is 9.18 Å². The van der Waals surface area contributed by atoms with Crippen molar-refractivity contribution in [3.05, 3.63) is 42.2 Å². The third kappa shape index (κ3) is 4.78. The van der Waals surface area contributed by atoms with Gasteiger partial charge in [0.15, 0.2) is 11.6 Å². The second kappa shape index (κ2) is 7.31. The standard InChI is InChI=1S/C16H19FO6S/c1-2-16(7-3-4-8-16)23-14-11-12(5-6-13(14)17)15(18)22-9-10-24(19,20)21/h2,5-6,11H,1,3-4,7-10H2,(H,19,20,21). The van der Waals surface area contributed by atoms with Crippen LogP contribution in [0, 0.1) is 5.82 Å². The van der Waals surface area contributed by atoms with Gasteiger partial charge < -0.3 is 9.47 Å². The molecule has 0 aliphatic heterocycles. The maximum atomic E-state index is 14.0. The summed E-state index contributed by atoms with van der Waals surface area (Å²) in [4.78, 5) is 11.9. The third-order valence-electron chi connectivity index (χ3n) is 3.88. The predicted octanol–water partition coefficient (Wildman–Crippen LogP) is 2.75.